The standard InChI is InChI=1S/C27H25N3O2S/c33-27(28-14-12-18-6-2-1-3-7-18)30-15-13-21-20-8-4-5-9-22(20)29-25(21)26(30)19-10-11-23-24(16-19)32-17-31-23/h1-11,16,26,29H,12-15,17H2,(H,28,33). The first-order valence-electron chi connectivity index (χ1n) is 11.4. The molecule has 0 saturated carbocycles. The summed E-state index contributed by atoms with van der Waals surface area (Å²) in [5.41, 5.74) is 6.18. The van der Waals surface area contributed by atoms with E-state index < -0.39 is 0 Å². The van der Waals surface area contributed by atoms with Crippen molar-refractivity contribution >= 4 is 28.2 Å². The Bertz CT molecular complexity index is 1320. The Labute approximate surface area is 198 Å². The predicted molar refractivity (Wildman–Crippen MR) is 134 cm³/mol. The van der Waals surface area contributed by atoms with E-state index in [2.05, 4.69) is 75.9 Å². The number of thiocarbonyl (C=S) groups is 1. The molecule has 1 aromatic heterocycles. The largest absolute Gasteiger partial charge is 0.454 e. The zero-order valence-electron chi connectivity index (χ0n) is 18.2. The number of nitrogens with one attached hydrogen (secondary N) is 2. The van der Waals surface area contributed by atoms with Crippen LogP contribution in [-0.2, 0) is 12.8 Å². The van der Waals surface area contributed by atoms with Crippen molar-refractivity contribution in [2.75, 3.05) is 19.9 Å². The van der Waals surface area contributed by atoms with Gasteiger partial charge in [0.25, 0.3) is 0 Å². The van der Waals surface area contributed by atoms with Gasteiger partial charge in [-0.05, 0) is 59.9 Å². The number of aromatic amines is 1. The lowest BCUT2D eigenvalue weighted by Gasteiger charge is -2.38. The highest BCUT2D eigenvalue weighted by Crippen LogP contribution is 2.42. The van der Waals surface area contributed by atoms with Crippen molar-refractivity contribution in [1.82, 2.24) is 15.2 Å². The molecule has 3 aromatic carbocycles. The van der Waals surface area contributed by atoms with Crippen molar-refractivity contribution in [2.45, 2.75) is 18.9 Å². The maximum absolute atomic E-state index is 5.92. The van der Waals surface area contributed by atoms with Crippen molar-refractivity contribution in [1.29, 1.82) is 0 Å². The van der Waals surface area contributed by atoms with Crippen LogP contribution in [0.4, 0.5) is 0 Å². The fraction of sp³-hybridized carbons (Fsp3) is 0.222. The molecule has 166 valence electrons. The van der Waals surface area contributed by atoms with Crippen LogP contribution in [0.5, 0.6) is 11.5 Å². The van der Waals surface area contributed by atoms with Crippen molar-refractivity contribution in [3.05, 3.63) is 95.2 Å². The normalized spacial score (nSPS) is 16.6. The number of aromatic nitrogens is 1. The fourth-order valence-corrected chi connectivity index (χ4v) is 5.25. The van der Waals surface area contributed by atoms with Gasteiger partial charge >= 0.3 is 0 Å². The fourth-order valence-electron chi connectivity index (χ4n) is 4.95. The van der Waals surface area contributed by atoms with Crippen LogP contribution in [0.1, 0.15) is 28.4 Å². The highest BCUT2D eigenvalue weighted by Gasteiger charge is 2.34. The van der Waals surface area contributed by atoms with E-state index in [1.807, 2.05) is 12.1 Å². The molecule has 0 bridgehead atoms. The first-order valence-corrected chi connectivity index (χ1v) is 11.8. The summed E-state index contributed by atoms with van der Waals surface area (Å²) in [5, 5.41) is 5.57. The summed E-state index contributed by atoms with van der Waals surface area (Å²) in [6.45, 7) is 1.92. The molecule has 2 N–H and O–H groups in total. The first kappa shape index (κ1) is 20.1. The topological polar surface area (TPSA) is 49.5 Å². The summed E-state index contributed by atoms with van der Waals surface area (Å²) in [6.07, 6.45) is 1.88. The lowest BCUT2D eigenvalue weighted by molar-refractivity contribution is 0.174. The lowest BCUT2D eigenvalue weighted by Crippen LogP contribution is -2.46. The Morgan fingerprint density at radius 3 is 2.73 bits per heavy atom. The monoisotopic (exact) mass is 455 g/mol. The van der Waals surface area contributed by atoms with Crippen LogP contribution in [0, 0.1) is 0 Å². The molecule has 4 aromatic rings. The zero-order valence-corrected chi connectivity index (χ0v) is 19.0. The highest BCUT2D eigenvalue weighted by atomic mass is 32.1. The maximum atomic E-state index is 5.92. The number of ether oxygens (including phenoxy) is 2. The van der Waals surface area contributed by atoms with Gasteiger partial charge in [0.15, 0.2) is 16.6 Å². The molecule has 33 heavy (non-hydrogen) atoms. The van der Waals surface area contributed by atoms with Gasteiger partial charge in [0.05, 0.1) is 6.04 Å². The molecule has 0 radical (unpaired) electrons. The molecule has 0 saturated heterocycles. The molecule has 0 amide bonds. The van der Waals surface area contributed by atoms with E-state index in [0.717, 1.165) is 53.6 Å². The second kappa shape index (κ2) is 8.45. The smallest absolute Gasteiger partial charge is 0.231 e. The number of nitrogens with zero attached hydrogens (tertiary/aromatic N) is 1. The quantitative estimate of drug-likeness (QED) is 0.426. The van der Waals surface area contributed by atoms with Crippen LogP contribution in [0.15, 0.2) is 72.8 Å². The molecule has 5 nitrogen and oxygen atoms in total. The summed E-state index contributed by atoms with van der Waals surface area (Å²) >= 11 is 5.92. The number of para-hydroxylation sites is 1. The predicted octanol–water partition coefficient (Wildman–Crippen LogP) is 4.96. The summed E-state index contributed by atoms with van der Waals surface area (Å²) in [6, 6.07) is 25.2. The van der Waals surface area contributed by atoms with Crippen LogP contribution in [0.25, 0.3) is 10.9 Å². The molecule has 2 aliphatic rings. The van der Waals surface area contributed by atoms with Crippen molar-refractivity contribution in [2.24, 2.45) is 0 Å². The number of H-pyrrole nitrogens is 1. The Hall–Kier alpha value is -3.51. The Balaban J connectivity index is 1.33. The lowest BCUT2D eigenvalue weighted by atomic mass is 9.92. The SMILES string of the molecule is S=C(NCCc1ccccc1)N1CCc2c([nH]c3ccccc23)C1c1ccc2c(c1)OCO2. The molecule has 6 heteroatoms. The van der Waals surface area contributed by atoms with Crippen molar-refractivity contribution in [3.63, 3.8) is 0 Å². The Morgan fingerprint density at radius 2 is 1.82 bits per heavy atom. The third kappa shape index (κ3) is 3.70. The van der Waals surface area contributed by atoms with Gasteiger partial charge < -0.3 is 24.7 Å². The summed E-state index contributed by atoms with van der Waals surface area (Å²) < 4.78 is 11.2. The Kier molecular flexibility index (Phi) is 5.15. The number of fused-ring (bicyclic) bond motifs is 4. The van der Waals surface area contributed by atoms with Gasteiger partial charge in [0.2, 0.25) is 6.79 Å². The van der Waals surface area contributed by atoms with Crippen LogP contribution in [-0.4, -0.2) is 34.9 Å². The van der Waals surface area contributed by atoms with E-state index in [0.29, 0.717) is 0 Å². The van der Waals surface area contributed by atoms with Gasteiger partial charge in [-0.25, -0.2) is 0 Å². The van der Waals surface area contributed by atoms with Crippen molar-refractivity contribution < 1.29 is 9.47 Å². The van der Waals surface area contributed by atoms with Gasteiger partial charge in [-0.3, -0.25) is 0 Å². The maximum Gasteiger partial charge on any atom is 0.231 e. The van der Waals surface area contributed by atoms with Crippen LogP contribution in [0.3, 0.4) is 0 Å². The number of benzene rings is 3. The van der Waals surface area contributed by atoms with Gasteiger partial charge in [0, 0.05) is 29.7 Å². The van der Waals surface area contributed by atoms with Crippen LogP contribution >= 0.6 is 12.2 Å². The summed E-state index contributed by atoms with van der Waals surface area (Å²) in [4.78, 5) is 6.00. The summed E-state index contributed by atoms with van der Waals surface area (Å²) in [7, 11) is 0. The molecule has 0 fully saturated rings. The molecule has 2 aliphatic heterocycles. The minimum Gasteiger partial charge on any atom is -0.454 e. The third-order valence-electron chi connectivity index (χ3n) is 6.54. The number of hydrogen-bond acceptors (Lipinski definition) is 3. The third-order valence-corrected chi connectivity index (χ3v) is 6.92. The molecule has 0 spiro atoms. The minimum absolute atomic E-state index is 0.0209. The second-order valence-corrected chi connectivity index (χ2v) is 8.88. The molecular weight excluding hydrogens is 430 g/mol. The number of rotatable bonds is 4. The van der Waals surface area contributed by atoms with E-state index in [9.17, 15) is 0 Å². The molecule has 1 unspecified atom stereocenters. The van der Waals surface area contributed by atoms with Gasteiger partial charge in [0.1, 0.15) is 0 Å². The van der Waals surface area contributed by atoms with Gasteiger partial charge in [-0.2, -0.15) is 0 Å². The average molecular weight is 456 g/mol. The van der Waals surface area contributed by atoms with E-state index >= 15 is 0 Å². The molecule has 1 atom stereocenters. The average Bonchev–Trinajstić information content (AvgIpc) is 3.48. The van der Waals surface area contributed by atoms with Gasteiger partial charge in [-0.1, -0.05) is 54.6 Å². The van der Waals surface area contributed by atoms with E-state index in [1.54, 1.807) is 0 Å². The zero-order chi connectivity index (χ0) is 22.2. The molecule has 0 aliphatic carbocycles. The highest BCUT2D eigenvalue weighted by molar-refractivity contribution is 7.80. The molecular formula is C27H25N3O2S. The Morgan fingerprint density at radius 1 is 1.00 bits per heavy atom. The second-order valence-electron chi connectivity index (χ2n) is 8.49. The number of hydrogen-bond donors (Lipinski definition) is 2. The first-order chi connectivity index (χ1) is 16.3. The van der Waals surface area contributed by atoms with Crippen LogP contribution < -0.4 is 14.8 Å². The molecule has 3 heterocycles. The summed E-state index contributed by atoms with van der Waals surface area (Å²) in [5.74, 6) is 1.58. The van der Waals surface area contributed by atoms with E-state index in [1.165, 1.54) is 22.2 Å². The molecule has 6 rings (SSSR count). The van der Waals surface area contributed by atoms with E-state index in [4.69, 9.17) is 21.7 Å². The van der Waals surface area contributed by atoms with Crippen LogP contribution in [0.2, 0.25) is 0 Å². The van der Waals surface area contributed by atoms with Gasteiger partial charge in [-0.15, -0.1) is 0 Å². The minimum atomic E-state index is -0.0209. The van der Waals surface area contributed by atoms with Crippen molar-refractivity contribution in [3.8, 4) is 11.5 Å². The van der Waals surface area contributed by atoms with E-state index in [-0.39, 0.29) is 12.8 Å².